The molecule has 0 aliphatic heterocycles. The molecule has 2 rings (SSSR count). The van der Waals surface area contributed by atoms with E-state index in [9.17, 15) is 5.11 Å². The first-order valence-corrected chi connectivity index (χ1v) is 7.01. The van der Waals surface area contributed by atoms with Crippen molar-refractivity contribution in [1.82, 2.24) is 9.88 Å². The molecule has 1 aliphatic carbocycles. The number of ether oxygens (including phenoxy) is 1. The van der Waals surface area contributed by atoms with Gasteiger partial charge in [-0.3, -0.25) is 4.98 Å². The highest BCUT2D eigenvalue weighted by atomic mass is 16.5. The first-order valence-electron chi connectivity index (χ1n) is 7.01. The van der Waals surface area contributed by atoms with Gasteiger partial charge in [0.1, 0.15) is 5.75 Å². The number of nitrogens with zero attached hydrogens (tertiary/aromatic N) is 2. The fourth-order valence-corrected chi connectivity index (χ4v) is 2.71. The van der Waals surface area contributed by atoms with Crippen LogP contribution in [-0.4, -0.2) is 41.3 Å². The van der Waals surface area contributed by atoms with Gasteiger partial charge in [0.2, 0.25) is 0 Å². The molecule has 0 unspecified atom stereocenters. The van der Waals surface area contributed by atoms with Crippen LogP contribution in [0.3, 0.4) is 0 Å². The van der Waals surface area contributed by atoms with Gasteiger partial charge < -0.3 is 14.7 Å². The van der Waals surface area contributed by atoms with Gasteiger partial charge in [-0.2, -0.15) is 0 Å². The first-order chi connectivity index (χ1) is 9.11. The molecule has 1 saturated carbocycles. The molecule has 0 atom stereocenters. The van der Waals surface area contributed by atoms with E-state index in [1.54, 1.807) is 13.3 Å². The maximum Gasteiger partial charge on any atom is 0.122 e. The van der Waals surface area contributed by atoms with Crippen molar-refractivity contribution in [3.63, 3.8) is 0 Å². The van der Waals surface area contributed by atoms with Crippen LogP contribution in [-0.2, 0) is 6.54 Å². The Morgan fingerprint density at radius 3 is 2.84 bits per heavy atom. The second kappa shape index (κ2) is 6.35. The zero-order valence-electron chi connectivity index (χ0n) is 11.9. The molecule has 0 spiro atoms. The largest absolute Gasteiger partial charge is 0.497 e. The van der Waals surface area contributed by atoms with Crippen LogP contribution < -0.4 is 4.74 Å². The van der Waals surface area contributed by atoms with Gasteiger partial charge in [0, 0.05) is 25.4 Å². The minimum Gasteiger partial charge on any atom is -0.497 e. The van der Waals surface area contributed by atoms with Gasteiger partial charge in [-0.25, -0.2) is 0 Å². The van der Waals surface area contributed by atoms with Crippen molar-refractivity contribution in [1.29, 1.82) is 0 Å². The molecular formula is C15H24N2O2. The minimum absolute atomic E-state index is 0.421. The van der Waals surface area contributed by atoms with Gasteiger partial charge in [-0.05, 0) is 32.4 Å². The number of methoxy groups -OCH3 is 1. The standard InChI is InChI=1S/C15H24N2O2/c1-17(10-8-15(18)6-3-4-7-15)12-13-11-14(19-2)5-9-16-13/h5,9,11,18H,3-4,6-8,10,12H2,1-2H3. The highest BCUT2D eigenvalue weighted by molar-refractivity contribution is 5.22. The second-order valence-electron chi connectivity index (χ2n) is 5.61. The van der Waals surface area contributed by atoms with E-state index in [1.807, 2.05) is 12.1 Å². The Hall–Kier alpha value is -1.13. The molecule has 0 saturated heterocycles. The summed E-state index contributed by atoms with van der Waals surface area (Å²) in [5.41, 5.74) is 0.580. The predicted octanol–water partition coefficient (Wildman–Crippen LogP) is 2.22. The summed E-state index contributed by atoms with van der Waals surface area (Å²) in [5, 5.41) is 10.3. The van der Waals surface area contributed by atoms with Gasteiger partial charge >= 0.3 is 0 Å². The molecule has 1 aromatic rings. The van der Waals surface area contributed by atoms with Crippen LogP contribution in [0.2, 0.25) is 0 Å². The third-order valence-electron chi connectivity index (χ3n) is 3.95. The average molecular weight is 264 g/mol. The van der Waals surface area contributed by atoms with Crippen LogP contribution in [0.15, 0.2) is 18.3 Å². The van der Waals surface area contributed by atoms with Crippen molar-refractivity contribution >= 4 is 0 Å². The fourth-order valence-electron chi connectivity index (χ4n) is 2.71. The van der Waals surface area contributed by atoms with E-state index in [0.717, 1.165) is 56.6 Å². The number of hydrogen-bond acceptors (Lipinski definition) is 4. The van der Waals surface area contributed by atoms with E-state index in [1.165, 1.54) is 0 Å². The zero-order valence-corrected chi connectivity index (χ0v) is 11.9. The fraction of sp³-hybridized carbons (Fsp3) is 0.667. The minimum atomic E-state index is -0.421. The maximum absolute atomic E-state index is 10.3. The molecule has 1 fully saturated rings. The van der Waals surface area contributed by atoms with Gasteiger partial charge in [-0.1, -0.05) is 12.8 Å². The van der Waals surface area contributed by atoms with Gasteiger partial charge in [0.25, 0.3) is 0 Å². The quantitative estimate of drug-likeness (QED) is 0.855. The molecule has 106 valence electrons. The van der Waals surface area contributed by atoms with Gasteiger partial charge in [0.05, 0.1) is 18.4 Å². The summed E-state index contributed by atoms with van der Waals surface area (Å²) in [6, 6.07) is 3.81. The topological polar surface area (TPSA) is 45.6 Å². The molecule has 1 aromatic heterocycles. The van der Waals surface area contributed by atoms with Crippen molar-refractivity contribution in [2.45, 2.75) is 44.2 Å². The number of aromatic nitrogens is 1. The summed E-state index contributed by atoms with van der Waals surface area (Å²) >= 11 is 0. The zero-order chi connectivity index (χ0) is 13.7. The van der Waals surface area contributed by atoms with E-state index in [4.69, 9.17) is 4.74 Å². The summed E-state index contributed by atoms with van der Waals surface area (Å²) in [4.78, 5) is 6.55. The van der Waals surface area contributed by atoms with Crippen LogP contribution in [0, 0.1) is 0 Å². The molecule has 0 bridgehead atoms. The normalized spacial score (nSPS) is 17.9. The Bertz CT molecular complexity index is 403. The van der Waals surface area contributed by atoms with E-state index >= 15 is 0 Å². The van der Waals surface area contributed by atoms with Crippen LogP contribution >= 0.6 is 0 Å². The van der Waals surface area contributed by atoms with E-state index < -0.39 is 5.60 Å². The lowest BCUT2D eigenvalue weighted by Crippen LogP contribution is -2.31. The van der Waals surface area contributed by atoms with Crippen LogP contribution in [0.4, 0.5) is 0 Å². The molecule has 1 aliphatic rings. The van der Waals surface area contributed by atoms with Gasteiger partial charge in [-0.15, -0.1) is 0 Å². The Morgan fingerprint density at radius 1 is 1.42 bits per heavy atom. The second-order valence-corrected chi connectivity index (χ2v) is 5.61. The smallest absolute Gasteiger partial charge is 0.122 e. The van der Waals surface area contributed by atoms with Gasteiger partial charge in [0.15, 0.2) is 0 Å². The molecule has 0 radical (unpaired) electrons. The number of aliphatic hydroxyl groups is 1. The average Bonchev–Trinajstić information content (AvgIpc) is 2.84. The number of pyridine rings is 1. The van der Waals surface area contributed by atoms with Crippen LogP contribution in [0.1, 0.15) is 37.8 Å². The lowest BCUT2D eigenvalue weighted by atomic mass is 9.98. The van der Waals surface area contributed by atoms with Crippen molar-refractivity contribution in [3.05, 3.63) is 24.0 Å². The lowest BCUT2D eigenvalue weighted by molar-refractivity contribution is 0.0296. The monoisotopic (exact) mass is 264 g/mol. The summed E-state index contributed by atoms with van der Waals surface area (Å²) in [5.74, 6) is 0.841. The van der Waals surface area contributed by atoms with E-state index in [-0.39, 0.29) is 0 Å². The highest BCUT2D eigenvalue weighted by Gasteiger charge is 2.30. The summed E-state index contributed by atoms with van der Waals surface area (Å²) in [6.07, 6.45) is 6.87. The van der Waals surface area contributed by atoms with Crippen LogP contribution in [0.25, 0.3) is 0 Å². The van der Waals surface area contributed by atoms with E-state index in [0.29, 0.717) is 0 Å². The summed E-state index contributed by atoms with van der Waals surface area (Å²) in [6.45, 7) is 1.68. The molecule has 4 heteroatoms. The Labute approximate surface area is 115 Å². The third-order valence-corrected chi connectivity index (χ3v) is 3.95. The van der Waals surface area contributed by atoms with Crippen molar-refractivity contribution in [2.24, 2.45) is 0 Å². The highest BCUT2D eigenvalue weighted by Crippen LogP contribution is 2.32. The van der Waals surface area contributed by atoms with E-state index in [2.05, 4.69) is 16.9 Å². The van der Waals surface area contributed by atoms with Crippen molar-refractivity contribution in [2.75, 3.05) is 20.7 Å². The molecular weight excluding hydrogens is 240 g/mol. The summed E-state index contributed by atoms with van der Waals surface area (Å²) < 4.78 is 5.20. The Kier molecular flexibility index (Phi) is 4.77. The van der Waals surface area contributed by atoms with Crippen molar-refractivity contribution < 1.29 is 9.84 Å². The third kappa shape index (κ3) is 4.18. The first kappa shape index (κ1) is 14.3. The molecule has 4 nitrogen and oxygen atoms in total. The molecule has 19 heavy (non-hydrogen) atoms. The summed E-state index contributed by atoms with van der Waals surface area (Å²) in [7, 11) is 3.73. The van der Waals surface area contributed by atoms with Crippen molar-refractivity contribution in [3.8, 4) is 5.75 Å². The maximum atomic E-state index is 10.3. The number of hydrogen-bond donors (Lipinski definition) is 1. The van der Waals surface area contributed by atoms with Crippen LogP contribution in [0.5, 0.6) is 5.75 Å². The Balaban J connectivity index is 1.81. The Morgan fingerprint density at radius 2 is 2.16 bits per heavy atom. The molecule has 0 amide bonds. The SMILES string of the molecule is COc1ccnc(CN(C)CCC2(O)CCCC2)c1. The molecule has 1 N–H and O–H groups in total. The molecule has 0 aromatic carbocycles. The lowest BCUT2D eigenvalue weighted by Gasteiger charge is -2.25. The number of rotatable bonds is 6. The molecule has 1 heterocycles. The predicted molar refractivity (Wildman–Crippen MR) is 75.2 cm³/mol.